The Morgan fingerprint density at radius 1 is 1.27 bits per heavy atom. The van der Waals surface area contributed by atoms with Crippen LogP contribution in [0, 0.1) is 5.92 Å². The third-order valence-electron chi connectivity index (χ3n) is 3.44. The maximum atomic E-state index is 3.65. The van der Waals surface area contributed by atoms with Crippen LogP contribution in [0.25, 0.3) is 0 Å². The molecule has 2 unspecified atom stereocenters. The van der Waals surface area contributed by atoms with Crippen molar-refractivity contribution in [3.63, 3.8) is 0 Å². The molecule has 0 radical (unpaired) electrons. The van der Waals surface area contributed by atoms with Gasteiger partial charge in [0, 0.05) is 12.1 Å². The highest BCUT2D eigenvalue weighted by Crippen LogP contribution is 2.18. The first-order chi connectivity index (χ1) is 7.09. The number of nitrogens with one attached hydrogen (secondary N) is 1. The standard InChI is InChI=1S/C13H28N2/c1-11(2)9-13(15(3)4)10-12-7-5-6-8-14-12/h11-14H,5-10H2,1-4H3. The van der Waals surface area contributed by atoms with E-state index >= 15 is 0 Å². The minimum atomic E-state index is 0.751. The molecule has 1 heterocycles. The minimum Gasteiger partial charge on any atom is -0.314 e. The molecule has 1 saturated heterocycles. The SMILES string of the molecule is CC(C)CC(CC1CCCCN1)N(C)C. The zero-order valence-electron chi connectivity index (χ0n) is 10.9. The first kappa shape index (κ1) is 13.0. The maximum absolute atomic E-state index is 3.65. The van der Waals surface area contributed by atoms with Crippen LogP contribution in [0.5, 0.6) is 0 Å². The molecule has 0 spiro atoms. The van der Waals surface area contributed by atoms with Gasteiger partial charge >= 0.3 is 0 Å². The highest BCUT2D eigenvalue weighted by Gasteiger charge is 2.20. The van der Waals surface area contributed by atoms with Crippen LogP contribution in [0.3, 0.4) is 0 Å². The summed E-state index contributed by atoms with van der Waals surface area (Å²) in [6.45, 7) is 5.88. The van der Waals surface area contributed by atoms with Crippen molar-refractivity contribution in [3.05, 3.63) is 0 Å². The molecule has 1 fully saturated rings. The van der Waals surface area contributed by atoms with E-state index < -0.39 is 0 Å². The zero-order chi connectivity index (χ0) is 11.3. The van der Waals surface area contributed by atoms with Crippen LogP contribution < -0.4 is 5.32 Å². The maximum Gasteiger partial charge on any atom is 0.0106 e. The predicted molar refractivity (Wildman–Crippen MR) is 67.2 cm³/mol. The highest BCUT2D eigenvalue weighted by atomic mass is 15.1. The normalized spacial score (nSPS) is 24.8. The van der Waals surface area contributed by atoms with Crippen molar-refractivity contribution < 1.29 is 0 Å². The summed E-state index contributed by atoms with van der Waals surface area (Å²) in [6.07, 6.45) is 6.81. The Kier molecular flexibility index (Phi) is 5.62. The van der Waals surface area contributed by atoms with Crippen LogP contribution in [0.4, 0.5) is 0 Å². The molecule has 1 aliphatic rings. The summed E-state index contributed by atoms with van der Waals surface area (Å²) in [5.41, 5.74) is 0. The van der Waals surface area contributed by atoms with Crippen molar-refractivity contribution in [1.29, 1.82) is 0 Å². The van der Waals surface area contributed by atoms with Gasteiger partial charge in [-0.3, -0.25) is 0 Å². The first-order valence-electron chi connectivity index (χ1n) is 6.49. The van der Waals surface area contributed by atoms with Gasteiger partial charge in [-0.15, -0.1) is 0 Å². The Labute approximate surface area is 95.4 Å². The first-order valence-corrected chi connectivity index (χ1v) is 6.49. The fraction of sp³-hybridized carbons (Fsp3) is 1.00. The van der Waals surface area contributed by atoms with Crippen molar-refractivity contribution in [2.75, 3.05) is 20.6 Å². The van der Waals surface area contributed by atoms with Crippen LogP contribution in [0.2, 0.25) is 0 Å². The van der Waals surface area contributed by atoms with Crippen LogP contribution >= 0.6 is 0 Å². The molecule has 2 heteroatoms. The van der Waals surface area contributed by atoms with Crippen LogP contribution in [-0.2, 0) is 0 Å². The van der Waals surface area contributed by atoms with Gasteiger partial charge in [0.15, 0.2) is 0 Å². The predicted octanol–water partition coefficient (Wildman–Crippen LogP) is 2.49. The minimum absolute atomic E-state index is 0.751. The Bertz CT molecular complexity index is 160. The lowest BCUT2D eigenvalue weighted by Crippen LogP contribution is -2.41. The fourth-order valence-corrected chi connectivity index (χ4v) is 2.52. The van der Waals surface area contributed by atoms with E-state index in [0.29, 0.717) is 0 Å². The number of hydrogen-bond acceptors (Lipinski definition) is 2. The van der Waals surface area contributed by atoms with E-state index in [0.717, 1.165) is 18.0 Å². The molecule has 0 aromatic heterocycles. The Morgan fingerprint density at radius 3 is 2.47 bits per heavy atom. The summed E-state index contributed by atoms with van der Waals surface area (Å²) in [7, 11) is 4.44. The van der Waals surface area contributed by atoms with Gasteiger partial charge in [-0.1, -0.05) is 20.3 Å². The van der Waals surface area contributed by atoms with E-state index in [1.54, 1.807) is 0 Å². The van der Waals surface area contributed by atoms with Crippen molar-refractivity contribution in [2.24, 2.45) is 5.92 Å². The molecule has 1 rings (SSSR count). The molecule has 0 aliphatic carbocycles. The van der Waals surface area contributed by atoms with Gasteiger partial charge < -0.3 is 10.2 Å². The lowest BCUT2D eigenvalue weighted by atomic mass is 9.93. The molecule has 90 valence electrons. The average molecular weight is 212 g/mol. The summed E-state index contributed by atoms with van der Waals surface area (Å²) in [6, 6.07) is 1.52. The molecule has 1 aliphatic heterocycles. The van der Waals surface area contributed by atoms with Crippen molar-refractivity contribution in [3.8, 4) is 0 Å². The molecular formula is C13H28N2. The van der Waals surface area contributed by atoms with Crippen LogP contribution in [0.1, 0.15) is 46.0 Å². The molecule has 0 amide bonds. The lowest BCUT2D eigenvalue weighted by molar-refractivity contribution is 0.209. The van der Waals surface area contributed by atoms with Gasteiger partial charge in [0.05, 0.1) is 0 Å². The highest BCUT2D eigenvalue weighted by molar-refractivity contribution is 4.79. The van der Waals surface area contributed by atoms with Crippen LogP contribution in [-0.4, -0.2) is 37.6 Å². The lowest BCUT2D eigenvalue weighted by Gasteiger charge is -2.32. The van der Waals surface area contributed by atoms with E-state index in [4.69, 9.17) is 0 Å². The molecule has 0 aromatic carbocycles. The number of piperidine rings is 1. The van der Waals surface area contributed by atoms with E-state index in [1.807, 2.05) is 0 Å². The molecule has 2 nitrogen and oxygen atoms in total. The van der Waals surface area contributed by atoms with Gasteiger partial charge in [-0.05, 0) is 52.2 Å². The monoisotopic (exact) mass is 212 g/mol. The van der Waals surface area contributed by atoms with Gasteiger partial charge in [0.2, 0.25) is 0 Å². The fourth-order valence-electron chi connectivity index (χ4n) is 2.52. The van der Waals surface area contributed by atoms with Crippen molar-refractivity contribution in [2.45, 2.75) is 58.0 Å². The summed E-state index contributed by atoms with van der Waals surface area (Å²) in [5.74, 6) is 0.806. The molecule has 0 bridgehead atoms. The molecule has 2 atom stereocenters. The van der Waals surface area contributed by atoms with Gasteiger partial charge in [-0.2, -0.15) is 0 Å². The third kappa shape index (κ3) is 4.98. The zero-order valence-corrected chi connectivity index (χ0v) is 10.9. The Hall–Kier alpha value is -0.0800. The molecule has 0 aromatic rings. The number of nitrogens with zero attached hydrogens (tertiary/aromatic N) is 1. The molecular weight excluding hydrogens is 184 g/mol. The Balaban J connectivity index is 2.35. The van der Waals surface area contributed by atoms with Gasteiger partial charge in [-0.25, -0.2) is 0 Å². The van der Waals surface area contributed by atoms with Crippen molar-refractivity contribution in [1.82, 2.24) is 10.2 Å². The van der Waals surface area contributed by atoms with Crippen LogP contribution in [0.15, 0.2) is 0 Å². The summed E-state index contributed by atoms with van der Waals surface area (Å²) < 4.78 is 0. The molecule has 0 saturated carbocycles. The van der Waals surface area contributed by atoms with Gasteiger partial charge in [0.25, 0.3) is 0 Å². The van der Waals surface area contributed by atoms with E-state index in [1.165, 1.54) is 38.6 Å². The second-order valence-electron chi connectivity index (χ2n) is 5.63. The molecule has 15 heavy (non-hydrogen) atoms. The quantitative estimate of drug-likeness (QED) is 0.753. The summed E-state index contributed by atoms with van der Waals surface area (Å²) in [5, 5.41) is 3.65. The number of hydrogen-bond donors (Lipinski definition) is 1. The van der Waals surface area contributed by atoms with Crippen molar-refractivity contribution >= 4 is 0 Å². The Morgan fingerprint density at radius 2 is 2.00 bits per heavy atom. The summed E-state index contributed by atoms with van der Waals surface area (Å²) >= 11 is 0. The molecule has 1 N–H and O–H groups in total. The van der Waals surface area contributed by atoms with E-state index in [9.17, 15) is 0 Å². The van der Waals surface area contributed by atoms with Gasteiger partial charge in [0.1, 0.15) is 0 Å². The van der Waals surface area contributed by atoms with E-state index in [2.05, 4.69) is 38.2 Å². The summed E-state index contributed by atoms with van der Waals surface area (Å²) in [4.78, 5) is 2.40. The third-order valence-corrected chi connectivity index (χ3v) is 3.44. The average Bonchev–Trinajstić information content (AvgIpc) is 2.17. The second kappa shape index (κ2) is 6.49. The topological polar surface area (TPSA) is 15.3 Å². The second-order valence-corrected chi connectivity index (χ2v) is 5.63. The van der Waals surface area contributed by atoms with E-state index in [-0.39, 0.29) is 0 Å². The largest absolute Gasteiger partial charge is 0.314 e. The number of rotatable bonds is 5. The smallest absolute Gasteiger partial charge is 0.0106 e.